The number of carbonyl (C=O) groups excluding carboxylic acids is 2. The van der Waals surface area contributed by atoms with E-state index in [0.29, 0.717) is 5.69 Å². The molecule has 1 N–H and O–H groups in total. The number of benzene rings is 1. The van der Waals surface area contributed by atoms with Crippen molar-refractivity contribution in [1.29, 1.82) is 0 Å². The Hall–Kier alpha value is -2.84. The molecular weight excluding hydrogens is 328 g/mol. The maximum absolute atomic E-state index is 12.4. The Balaban J connectivity index is 3.11. The standard InChI is InChI=1S/C15H17F2NO6/c1-4-23-12-7-9(5-6-11(12)24-15(16)17)18-10(14(20)22-3)8-13(19)21-2/h5-8,15,18H,4H2,1-3H3/b10-8+. The molecular formula is C15H17F2NO6. The van der Waals surface area contributed by atoms with Gasteiger partial charge in [0.15, 0.2) is 11.5 Å². The largest absolute Gasteiger partial charge is 0.490 e. The minimum atomic E-state index is -3.01. The van der Waals surface area contributed by atoms with Crippen LogP contribution in [0, 0.1) is 0 Å². The molecule has 132 valence electrons. The Kier molecular flexibility index (Phi) is 7.47. The Morgan fingerprint density at radius 1 is 1.21 bits per heavy atom. The molecule has 0 aliphatic rings. The van der Waals surface area contributed by atoms with Crippen molar-refractivity contribution in [2.24, 2.45) is 0 Å². The van der Waals surface area contributed by atoms with Crippen molar-refractivity contribution >= 4 is 17.6 Å². The van der Waals surface area contributed by atoms with E-state index in [9.17, 15) is 18.4 Å². The average Bonchev–Trinajstić information content (AvgIpc) is 2.55. The van der Waals surface area contributed by atoms with E-state index in [2.05, 4.69) is 19.5 Å². The first-order valence-electron chi connectivity index (χ1n) is 6.77. The number of nitrogens with one attached hydrogen (secondary N) is 1. The molecule has 0 saturated carbocycles. The zero-order chi connectivity index (χ0) is 18.1. The second-order valence-corrected chi connectivity index (χ2v) is 4.17. The number of alkyl halides is 2. The molecule has 1 rings (SSSR count). The zero-order valence-corrected chi connectivity index (χ0v) is 13.3. The highest BCUT2D eigenvalue weighted by Gasteiger charge is 2.15. The van der Waals surface area contributed by atoms with Crippen LogP contribution in [0.1, 0.15) is 6.92 Å². The van der Waals surface area contributed by atoms with E-state index in [-0.39, 0.29) is 23.8 Å². The molecule has 0 radical (unpaired) electrons. The van der Waals surface area contributed by atoms with Gasteiger partial charge >= 0.3 is 18.6 Å². The highest BCUT2D eigenvalue weighted by Crippen LogP contribution is 2.32. The summed E-state index contributed by atoms with van der Waals surface area (Å²) in [6.07, 6.45) is 0.899. The Labute approximate surface area is 137 Å². The first kappa shape index (κ1) is 19.2. The number of halogens is 2. The normalized spacial score (nSPS) is 11.0. The smallest absolute Gasteiger partial charge is 0.387 e. The van der Waals surface area contributed by atoms with E-state index in [1.165, 1.54) is 18.2 Å². The quantitative estimate of drug-likeness (QED) is 0.572. The van der Waals surface area contributed by atoms with Gasteiger partial charge in [0.05, 0.1) is 26.9 Å². The molecule has 0 aliphatic heterocycles. The van der Waals surface area contributed by atoms with Gasteiger partial charge in [-0.3, -0.25) is 0 Å². The molecule has 1 aromatic rings. The van der Waals surface area contributed by atoms with Crippen molar-refractivity contribution < 1.29 is 37.3 Å². The van der Waals surface area contributed by atoms with Gasteiger partial charge in [0, 0.05) is 11.8 Å². The highest BCUT2D eigenvalue weighted by molar-refractivity contribution is 5.98. The lowest BCUT2D eigenvalue weighted by Gasteiger charge is -2.14. The number of ether oxygens (including phenoxy) is 4. The lowest BCUT2D eigenvalue weighted by Crippen LogP contribution is -2.15. The molecule has 7 nitrogen and oxygen atoms in total. The molecule has 0 aromatic heterocycles. The molecule has 0 atom stereocenters. The fraction of sp³-hybridized carbons (Fsp3) is 0.333. The third-order valence-corrected chi connectivity index (χ3v) is 2.61. The van der Waals surface area contributed by atoms with Crippen LogP contribution in [0.4, 0.5) is 14.5 Å². The van der Waals surface area contributed by atoms with E-state index in [1.807, 2.05) is 0 Å². The van der Waals surface area contributed by atoms with Crippen LogP contribution in [-0.4, -0.2) is 39.4 Å². The van der Waals surface area contributed by atoms with E-state index in [4.69, 9.17) is 4.74 Å². The summed E-state index contributed by atoms with van der Waals surface area (Å²) < 4.78 is 43.3. The summed E-state index contributed by atoms with van der Waals surface area (Å²) >= 11 is 0. The van der Waals surface area contributed by atoms with Gasteiger partial charge in [0.25, 0.3) is 0 Å². The van der Waals surface area contributed by atoms with Gasteiger partial charge in [0.1, 0.15) is 5.70 Å². The van der Waals surface area contributed by atoms with Gasteiger partial charge < -0.3 is 24.3 Å². The first-order chi connectivity index (χ1) is 11.4. The molecule has 0 heterocycles. The molecule has 0 unspecified atom stereocenters. The predicted octanol–water partition coefficient (Wildman–Crippen LogP) is 2.33. The van der Waals surface area contributed by atoms with Crippen molar-refractivity contribution in [3.8, 4) is 11.5 Å². The minimum Gasteiger partial charge on any atom is -0.490 e. The Morgan fingerprint density at radius 3 is 2.46 bits per heavy atom. The third kappa shape index (κ3) is 5.75. The van der Waals surface area contributed by atoms with Crippen LogP contribution in [-0.2, 0) is 19.1 Å². The predicted molar refractivity (Wildman–Crippen MR) is 80.0 cm³/mol. The fourth-order valence-corrected chi connectivity index (χ4v) is 1.64. The van der Waals surface area contributed by atoms with Crippen LogP contribution in [0.5, 0.6) is 11.5 Å². The van der Waals surface area contributed by atoms with Crippen molar-refractivity contribution in [3.63, 3.8) is 0 Å². The number of esters is 2. The van der Waals surface area contributed by atoms with Gasteiger partial charge in [-0.1, -0.05) is 0 Å². The second-order valence-electron chi connectivity index (χ2n) is 4.17. The van der Waals surface area contributed by atoms with E-state index < -0.39 is 18.6 Å². The van der Waals surface area contributed by atoms with Crippen molar-refractivity contribution in [2.45, 2.75) is 13.5 Å². The van der Waals surface area contributed by atoms with Gasteiger partial charge in [-0.25, -0.2) is 9.59 Å². The molecule has 0 aliphatic carbocycles. The summed E-state index contributed by atoms with van der Waals surface area (Å²) in [5.74, 6) is -1.70. The molecule has 0 spiro atoms. The maximum atomic E-state index is 12.4. The Morgan fingerprint density at radius 2 is 1.92 bits per heavy atom. The summed E-state index contributed by atoms with van der Waals surface area (Å²) in [7, 11) is 2.29. The van der Waals surface area contributed by atoms with Crippen molar-refractivity contribution in [1.82, 2.24) is 0 Å². The fourth-order valence-electron chi connectivity index (χ4n) is 1.64. The summed E-state index contributed by atoms with van der Waals surface area (Å²) in [5.41, 5.74) is 0.0925. The first-order valence-corrected chi connectivity index (χ1v) is 6.77. The van der Waals surface area contributed by atoms with Gasteiger partial charge in [-0.2, -0.15) is 8.78 Å². The number of hydrogen-bond acceptors (Lipinski definition) is 7. The second kappa shape index (κ2) is 9.33. The molecule has 0 fully saturated rings. The number of carbonyl (C=O) groups is 2. The summed E-state index contributed by atoms with van der Waals surface area (Å²) in [6.45, 7) is -1.12. The number of methoxy groups -OCH3 is 2. The average molecular weight is 345 g/mol. The topological polar surface area (TPSA) is 83.1 Å². The SMILES string of the molecule is CCOc1cc(N/C(=C/C(=O)OC)C(=O)OC)ccc1OC(F)F. The molecule has 0 saturated heterocycles. The van der Waals surface area contributed by atoms with E-state index in [0.717, 1.165) is 20.3 Å². The summed E-state index contributed by atoms with van der Waals surface area (Å²) in [5, 5.41) is 2.64. The van der Waals surface area contributed by atoms with Crippen LogP contribution in [0.15, 0.2) is 30.0 Å². The lowest BCUT2D eigenvalue weighted by atomic mass is 10.2. The lowest BCUT2D eigenvalue weighted by molar-refractivity contribution is -0.138. The van der Waals surface area contributed by atoms with E-state index >= 15 is 0 Å². The number of anilines is 1. The molecule has 1 aromatic carbocycles. The molecule has 0 bridgehead atoms. The van der Waals surface area contributed by atoms with Gasteiger partial charge in [0.2, 0.25) is 0 Å². The monoisotopic (exact) mass is 345 g/mol. The van der Waals surface area contributed by atoms with Crippen LogP contribution >= 0.6 is 0 Å². The van der Waals surface area contributed by atoms with Crippen molar-refractivity contribution in [2.75, 3.05) is 26.1 Å². The highest BCUT2D eigenvalue weighted by atomic mass is 19.3. The summed E-state index contributed by atoms with van der Waals surface area (Å²) in [6, 6.07) is 3.95. The Bertz CT molecular complexity index is 618. The van der Waals surface area contributed by atoms with E-state index in [1.54, 1.807) is 6.92 Å². The van der Waals surface area contributed by atoms with Crippen LogP contribution in [0.2, 0.25) is 0 Å². The van der Waals surface area contributed by atoms with Crippen LogP contribution in [0.3, 0.4) is 0 Å². The third-order valence-electron chi connectivity index (χ3n) is 2.61. The molecule has 0 amide bonds. The maximum Gasteiger partial charge on any atom is 0.387 e. The molecule has 24 heavy (non-hydrogen) atoms. The van der Waals surface area contributed by atoms with Crippen LogP contribution in [0.25, 0.3) is 0 Å². The van der Waals surface area contributed by atoms with Crippen molar-refractivity contribution in [3.05, 3.63) is 30.0 Å². The van der Waals surface area contributed by atoms with Gasteiger partial charge in [-0.05, 0) is 19.1 Å². The number of hydrogen-bond donors (Lipinski definition) is 1. The van der Waals surface area contributed by atoms with Crippen LogP contribution < -0.4 is 14.8 Å². The summed E-state index contributed by atoms with van der Waals surface area (Å²) in [4.78, 5) is 23.0. The minimum absolute atomic E-state index is 0.0464. The van der Waals surface area contributed by atoms with Gasteiger partial charge in [-0.15, -0.1) is 0 Å². The molecule has 9 heteroatoms. The zero-order valence-electron chi connectivity index (χ0n) is 13.3. The number of rotatable bonds is 8.